The van der Waals surface area contributed by atoms with Gasteiger partial charge < -0.3 is 14.8 Å². The lowest BCUT2D eigenvalue weighted by atomic mass is 10.2. The summed E-state index contributed by atoms with van der Waals surface area (Å²) in [6, 6.07) is 12.3. The zero-order chi connectivity index (χ0) is 18.4. The number of nitrogens with zero attached hydrogens (tertiary/aromatic N) is 1. The van der Waals surface area contributed by atoms with Crippen LogP contribution in [0.4, 0.5) is 14.5 Å². The maximum absolute atomic E-state index is 12.2. The molecule has 0 saturated heterocycles. The normalized spacial score (nSPS) is 11.5. The molecule has 25 heavy (non-hydrogen) atoms. The molecule has 8 heteroatoms. The molecule has 1 atom stereocenters. The number of halogens is 3. The van der Waals surface area contributed by atoms with Crippen molar-refractivity contribution >= 4 is 23.2 Å². The molecular formula is C17H13ClF2N2O3. The van der Waals surface area contributed by atoms with Crippen LogP contribution in [0.2, 0.25) is 5.02 Å². The van der Waals surface area contributed by atoms with E-state index in [0.29, 0.717) is 17.0 Å². The van der Waals surface area contributed by atoms with Crippen molar-refractivity contribution < 1.29 is 23.0 Å². The molecule has 0 bridgehead atoms. The Hall–Kier alpha value is -2.85. The highest BCUT2D eigenvalue weighted by Gasteiger charge is 2.16. The van der Waals surface area contributed by atoms with Gasteiger partial charge in [-0.15, -0.1) is 0 Å². The van der Waals surface area contributed by atoms with E-state index in [9.17, 15) is 13.6 Å². The van der Waals surface area contributed by atoms with Gasteiger partial charge in [-0.1, -0.05) is 17.7 Å². The summed E-state index contributed by atoms with van der Waals surface area (Å²) in [6.45, 7) is -1.46. The van der Waals surface area contributed by atoms with Gasteiger partial charge in [-0.3, -0.25) is 4.79 Å². The molecule has 0 heterocycles. The Bertz CT molecular complexity index is 809. The molecule has 0 saturated carbocycles. The Kier molecular flexibility index (Phi) is 6.14. The van der Waals surface area contributed by atoms with E-state index in [-0.39, 0.29) is 10.8 Å². The molecule has 5 nitrogen and oxygen atoms in total. The van der Waals surface area contributed by atoms with E-state index in [1.54, 1.807) is 18.2 Å². The van der Waals surface area contributed by atoms with E-state index in [2.05, 4.69) is 10.1 Å². The number of hydrogen-bond donors (Lipinski definition) is 1. The van der Waals surface area contributed by atoms with Gasteiger partial charge in [-0.05, 0) is 43.3 Å². The zero-order valence-electron chi connectivity index (χ0n) is 13.0. The average molecular weight is 367 g/mol. The molecular weight excluding hydrogens is 354 g/mol. The third kappa shape index (κ3) is 5.33. The number of amides is 1. The third-order valence-corrected chi connectivity index (χ3v) is 3.36. The Morgan fingerprint density at radius 1 is 1.24 bits per heavy atom. The Morgan fingerprint density at radius 3 is 2.64 bits per heavy atom. The second kappa shape index (κ2) is 8.31. The van der Waals surface area contributed by atoms with Gasteiger partial charge >= 0.3 is 6.61 Å². The molecule has 0 aliphatic rings. The molecule has 0 aromatic heterocycles. The second-order valence-electron chi connectivity index (χ2n) is 4.91. The lowest BCUT2D eigenvalue weighted by Gasteiger charge is -2.15. The molecule has 2 rings (SSSR count). The predicted molar refractivity (Wildman–Crippen MR) is 88.0 cm³/mol. The van der Waals surface area contributed by atoms with Crippen molar-refractivity contribution in [3.05, 3.63) is 53.1 Å². The lowest BCUT2D eigenvalue weighted by Crippen LogP contribution is -2.30. The SMILES string of the molecule is C[C@@H](Oc1cccc(C#N)c1)C(=O)Nc1ccc(OC(F)F)c(Cl)c1. The van der Waals surface area contributed by atoms with Crippen molar-refractivity contribution in [1.29, 1.82) is 5.26 Å². The number of benzene rings is 2. The molecule has 0 radical (unpaired) electrons. The van der Waals surface area contributed by atoms with E-state index in [1.165, 1.54) is 31.2 Å². The molecule has 130 valence electrons. The van der Waals surface area contributed by atoms with Crippen molar-refractivity contribution in [1.82, 2.24) is 0 Å². The van der Waals surface area contributed by atoms with Crippen LogP contribution in [0.25, 0.3) is 0 Å². The van der Waals surface area contributed by atoms with Gasteiger partial charge in [0, 0.05) is 5.69 Å². The van der Waals surface area contributed by atoms with E-state index in [4.69, 9.17) is 21.6 Å². The van der Waals surface area contributed by atoms with E-state index < -0.39 is 18.6 Å². The molecule has 2 aromatic carbocycles. The number of anilines is 1. The van der Waals surface area contributed by atoms with E-state index in [1.807, 2.05) is 6.07 Å². The molecule has 0 aliphatic heterocycles. The van der Waals surface area contributed by atoms with Crippen molar-refractivity contribution in [2.45, 2.75) is 19.6 Å². The largest absolute Gasteiger partial charge is 0.481 e. The van der Waals surface area contributed by atoms with Gasteiger partial charge in [-0.2, -0.15) is 14.0 Å². The molecule has 1 amide bonds. The van der Waals surface area contributed by atoms with E-state index in [0.717, 1.165) is 0 Å². The second-order valence-corrected chi connectivity index (χ2v) is 5.32. The van der Waals surface area contributed by atoms with Crippen LogP contribution in [-0.4, -0.2) is 18.6 Å². The van der Waals surface area contributed by atoms with Crippen LogP contribution in [0.1, 0.15) is 12.5 Å². The van der Waals surface area contributed by atoms with Gasteiger partial charge in [0.25, 0.3) is 5.91 Å². The van der Waals surface area contributed by atoms with Crippen molar-refractivity contribution in [3.63, 3.8) is 0 Å². The molecule has 0 aliphatic carbocycles. The maximum atomic E-state index is 12.2. The number of carbonyl (C=O) groups excluding carboxylic acids is 1. The summed E-state index contributed by atoms with van der Waals surface area (Å²) >= 11 is 5.83. The molecule has 2 aromatic rings. The van der Waals surface area contributed by atoms with Crippen LogP contribution in [-0.2, 0) is 4.79 Å². The average Bonchev–Trinajstić information content (AvgIpc) is 2.57. The van der Waals surface area contributed by atoms with Crippen LogP contribution in [0, 0.1) is 11.3 Å². The minimum absolute atomic E-state index is 0.0617. The fraction of sp³-hybridized carbons (Fsp3) is 0.176. The summed E-state index contributed by atoms with van der Waals surface area (Å²) in [5, 5.41) is 11.3. The quantitative estimate of drug-likeness (QED) is 0.830. The van der Waals surface area contributed by atoms with Crippen LogP contribution in [0.5, 0.6) is 11.5 Å². The number of rotatable bonds is 6. The molecule has 1 N–H and O–H groups in total. The third-order valence-electron chi connectivity index (χ3n) is 3.06. The van der Waals surface area contributed by atoms with Crippen LogP contribution in [0.3, 0.4) is 0 Å². The highest BCUT2D eigenvalue weighted by Crippen LogP contribution is 2.29. The summed E-state index contributed by atoms with van der Waals surface area (Å²) in [5.74, 6) is -0.284. The van der Waals surface area contributed by atoms with Crippen LogP contribution >= 0.6 is 11.6 Å². The van der Waals surface area contributed by atoms with E-state index >= 15 is 0 Å². The van der Waals surface area contributed by atoms with Crippen molar-refractivity contribution in [3.8, 4) is 17.6 Å². The predicted octanol–water partition coefficient (Wildman–Crippen LogP) is 4.22. The topological polar surface area (TPSA) is 71.3 Å². The number of nitriles is 1. The molecule has 0 fully saturated rings. The first-order chi connectivity index (χ1) is 11.9. The summed E-state index contributed by atoms with van der Waals surface area (Å²) in [7, 11) is 0. The first-order valence-corrected chi connectivity index (χ1v) is 7.49. The van der Waals surface area contributed by atoms with Crippen molar-refractivity contribution in [2.75, 3.05) is 5.32 Å². The zero-order valence-corrected chi connectivity index (χ0v) is 13.8. The lowest BCUT2D eigenvalue weighted by molar-refractivity contribution is -0.122. The summed E-state index contributed by atoms with van der Waals surface area (Å²) in [5.41, 5.74) is 0.712. The fourth-order valence-corrected chi connectivity index (χ4v) is 2.14. The van der Waals surface area contributed by atoms with Crippen molar-refractivity contribution in [2.24, 2.45) is 0 Å². The Labute approximate surface area is 147 Å². The standard InChI is InChI=1S/C17H13ClF2N2O3/c1-10(24-13-4-2-3-11(7-13)9-21)16(23)22-12-5-6-15(14(18)8-12)25-17(19)20/h2-8,10,17H,1H3,(H,22,23)/t10-/m1/s1. The minimum Gasteiger partial charge on any atom is -0.481 e. The number of ether oxygens (including phenoxy) is 2. The minimum atomic E-state index is -2.99. The highest BCUT2D eigenvalue weighted by molar-refractivity contribution is 6.32. The van der Waals surface area contributed by atoms with Gasteiger partial charge in [0.1, 0.15) is 11.5 Å². The fourth-order valence-electron chi connectivity index (χ4n) is 1.91. The summed E-state index contributed by atoms with van der Waals surface area (Å²) in [6.07, 6.45) is -0.857. The van der Waals surface area contributed by atoms with Crippen LogP contribution < -0.4 is 14.8 Å². The van der Waals surface area contributed by atoms with Crippen LogP contribution in [0.15, 0.2) is 42.5 Å². The monoisotopic (exact) mass is 366 g/mol. The van der Waals surface area contributed by atoms with Gasteiger partial charge in [0.2, 0.25) is 0 Å². The Balaban J connectivity index is 2.01. The highest BCUT2D eigenvalue weighted by atomic mass is 35.5. The molecule has 0 unspecified atom stereocenters. The molecule has 0 spiro atoms. The van der Waals surface area contributed by atoms with Gasteiger partial charge in [-0.25, -0.2) is 0 Å². The number of nitrogens with one attached hydrogen (secondary N) is 1. The number of hydrogen-bond acceptors (Lipinski definition) is 4. The van der Waals surface area contributed by atoms with Gasteiger partial charge in [0.15, 0.2) is 6.10 Å². The van der Waals surface area contributed by atoms with Gasteiger partial charge in [0.05, 0.1) is 16.7 Å². The maximum Gasteiger partial charge on any atom is 0.387 e. The number of alkyl halides is 2. The summed E-state index contributed by atoms with van der Waals surface area (Å²) < 4.78 is 34.1. The number of carbonyl (C=O) groups is 1. The Morgan fingerprint density at radius 2 is 2.00 bits per heavy atom. The first-order valence-electron chi connectivity index (χ1n) is 7.11. The summed E-state index contributed by atoms with van der Waals surface area (Å²) in [4.78, 5) is 12.1. The first kappa shape index (κ1) is 18.5. The smallest absolute Gasteiger partial charge is 0.387 e.